The summed E-state index contributed by atoms with van der Waals surface area (Å²) in [5, 5.41) is 3.74. The van der Waals surface area contributed by atoms with Crippen molar-refractivity contribution in [1.82, 2.24) is 9.97 Å². The van der Waals surface area contributed by atoms with Gasteiger partial charge in [0, 0.05) is 6.20 Å². The van der Waals surface area contributed by atoms with Gasteiger partial charge in [0.2, 0.25) is 0 Å². The summed E-state index contributed by atoms with van der Waals surface area (Å²) in [5.74, 6) is 0. The van der Waals surface area contributed by atoms with Crippen LogP contribution in [-0.2, 0) is 6.54 Å². The third kappa shape index (κ3) is 2.22. The van der Waals surface area contributed by atoms with E-state index in [4.69, 9.17) is 17.3 Å². The lowest BCUT2D eigenvalue weighted by Crippen LogP contribution is -2.02. The number of para-hydroxylation sites is 1. The van der Waals surface area contributed by atoms with Crippen molar-refractivity contribution in [3.63, 3.8) is 0 Å². The second-order valence-electron chi connectivity index (χ2n) is 3.13. The molecule has 15 heavy (non-hydrogen) atoms. The molecule has 0 radical (unpaired) electrons. The van der Waals surface area contributed by atoms with Crippen molar-refractivity contribution in [2.45, 2.75) is 6.54 Å². The Hall–Kier alpha value is -1.68. The van der Waals surface area contributed by atoms with Gasteiger partial charge < -0.3 is 16.0 Å². The number of halogens is 1. The van der Waals surface area contributed by atoms with Gasteiger partial charge in [-0.05, 0) is 12.1 Å². The Morgan fingerprint density at radius 1 is 1.47 bits per heavy atom. The molecule has 4 nitrogen and oxygen atoms in total. The van der Waals surface area contributed by atoms with Crippen LogP contribution in [0.5, 0.6) is 0 Å². The molecule has 0 bridgehead atoms. The fourth-order valence-corrected chi connectivity index (χ4v) is 1.44. The zero-order valence-electron chi connectivity index (χ0n) is 8.00. The summed E-state index contributed by atoms with van der Waals surface area (Å²) < 4.78 is 0. The van der Waals surface area contributed by atoms with Crippen LogP contribution in [0.15, 0.2) is 30.7 Å². The SMILES string of the molecule is Nc1c(Cl)cccc1NCc1cnc[nH]1. The molecular formula is C10H11ClN4. The molecule has 0 fully saturated rings. The highest BCUT2D eigenvalue weighted by Gasteiger charge is 2.02. The van der Waals surface area contributed by atoms with Crippen LogP contribution in [-0.4, -0.2) is 9.97 Å². The third-order valence-corrected chi connectivity index (χ3v) is 2.41. The van der Waals surface area contributed by atoms with Crippen LogP contribution < -0.4 is 11.1 Å². The molecule has 0 amide bonds. The maximum absolute atomic E-state index is 5.89. The van der Waals surface area contributed by atoms with E-state index in [0.29, 0.717) is 17.3 Å². The number of nitrogen functional groups attached to an aromatic ring is 1. The third-order valence-electron chi connectivity index (χ3n) is 2.08. The quantitative estimate of drug-likeness (QED) is 0.698. The van der Waals surface area contributed by atoms with E-state index in [1.54, 1.807) is 18.6 Å². The van der Waals surface area contributed by atoms with Crippen LogP contribution in [0.3, 0.4) is 0 Å². The van der Waals surface area contributed by atoms with E-state index in [-0.39, 0.29) is 0 Å². The van der Waals surface area contributed by atoms with Gasteiger partial charge in [-0.25, -0.2) is 4.98 Å². The summed E-state index contributed by atoms with van der Waals surface area (Å²) in [6.07, 6.45) is 3.39. The fraction of sp³-hybridized carbons (Fsp3) is 0.100. The van der Waals surface area contributed by atoms with Gasteiger partial charge >= 0.3 is 0 Å². The summed E-state index contributed by atoms with van der Waals surface area (Å²) >= 11 is 5.89. The molecule has 0 aliphatic heterocycles. The van der Waals surface area contributed by atoms with E-state index >= 15 is 0 Å². The summed E-state index contributed by atoms with van der Waals surface area (Å²) in [7, 11) is 0. The number of nitrogens with two attached hydrogens (primary N) is 1. The van der Waals surface area contributed by atoms with Crippen molar-refractivity contribution < 1.29 is 0 Å². The minimum Gasteiger partial charge on any atom is -0.396 e. The lowest BCUT2D eigenvalue weighted by molar-refractivity contribution is 1.07. The second kappa shape index (κ2) is 4.23. The van der Waals surface area contributed by atoms with E-state index in [9.17, 15) is 0 Å². The highest BCUT2D eigenvalue weighted by atomic mass is 35.5. The molecule has 0 aliphatic rings. The summed E-state index contributed by atoms with van der Waals surface area (Å²) in [4.78, 5) is 6.92. The molecule has 1 aromatic carbocycles. The Labute approximate surface area is 92.5 Å². The number of nitrogens with one attached hydrogen (secondary N) is 2. The number of imidazole rings is 1. The van der Waals surface area contributed by atoms with Crippen LogP contribution >= 0.6 is 11.6 Å². The van der Waals surface area contributed by atoms with Crippen molar-refractivity contribution in [1.29, 1.82) is 0 Å². The number of rotatable bonds is 3. The van der Waals surface area contributed by atoms with Crippen LogP contribution in [0.1, 0.15) is 5.69 Å². The maximum Gasteiger partial charge on any atom is 0.0922 e. The van der Waals surface area contributed by atoms with E-state index in [1.807, 2.05) is 12.1 Å². The molecular weight excluding hydrogens is 212 g/mol. The van der Waals surface area contributed by atoms with Gasteiger partial charge in [-0.2, -0.15) is 0 Å². The number of aromatic amines is 1. The van der Waals surface area contributed by atoms with Gasteiger partial charge in [-0.1, -0.05) is 17.7 Å². The molecule has 1 aromatic heterocycles. The molecule has 0 unspecified atom stereocenters. The average Bonchev–Trinajstić information content (AvgIpc) is 2.73. The molecule has 78 valence electrons. The molecule has 1 heterocycles. The highest BCUT2D eigenvalue weighted by molar-refractivity contribution is 6.33. The van der Waals surface area contributed by atoms with Crippen LogP contribution in [0.2, 0.25) is 5.02 Å². The van der Waals surface area contributed by atoms with E-state index in [0.717, 1.165) is 11.4 Å². The monoisotopic (exact) mass is 222 g/mol. The van der Waals surface area contributed by atoms with Gasteiger partial charge in [0.15, 0.2) is 0 Å². The highest BCUT2D eigenvalue weighted by Crippen LogP contribution is 2.26. The predicted octanol–water partition coefficient (Wildman–Crippen LogP) is 2.26. The number of hydrogen-bond acceptors (Lipinski definition) is 3. The smallest absolute Gasteiger partial charge is 0.0922 e. The van der Waals surface area contributed by atoms with Crippen LogP contribution in [0.4, 0.5) is 11.4 Å². The zero-order chi connectivity index (χ0) is 10.7. The van der Waals surface area contributed by atoms with Gasteiger partial charge in [-0.15, -0.1) is 0 Å². The molecule has 4 N–H and O–H groups in total. The van der Waals surface area contributed by atoms with E-state index < -0.39 is 0 Å². The van der Waals surface area contributed by atoms with Crippen LogP contribution in [0.25, 0.3) is 0 Å². The molecule has 0 saturated carbocycles. The number of nitrogens with zero attached hydrogens (tertiary/aromatic N) is 1. The number of benzene rings is 1. The van der Waals surface area contributed by atoms with Gasteiger partial charge in [0.1, 0.15) is 0 Å². The first-order chi connectivity index (χ1) is 7.27. The Kier molecular flexibility index (Phi) is 2.78. The van der Waals surface area contributed by atoms with Crippen molar-refractivity contribution >= 4 is 23.0 Å². The Morgan fingerprint density at radius 2 is 2.33 bits per heavy atom. The normalized spacial score (nSPS) is 10.2. The topological polar surface area (TPSA) is 66.7 Å². The summed E-state index contributed by atoms with van der Waals surface area (Å²) in [6, 6.07) is 5.50. The lowest BCUT2D eigenvalue weighted by Gasteiger charge is -2.08. The van der Waals surface area contributed by atoms with E-state index in [2.05, 4.69) is 15.3 Å². The van der Waals surface area contributed by atoms with Crippen LogP contribution in [0, 0.1) is 0 Å². The first-order valence-corrected chi connectivity index (χ1v) is 4.90. The number of hydrogen-bond donors (Lipinski definition) is 3. The van der Waals surface area contributed by atoms with Crippen molar-refractivity contribution in [2.24, 2.45) is 0 Å². The van der Waals surface area contributed by atoms with Gasteiger partial charge in [0.05, 0.1) is 35.0 Å². The number of anilines is 2. The maximum atomic E-state index is 5.89. The molecule has 2 aromatic rings. The second-order valence-corrected chi connectivity index (χ2v) is 3.54. The fourth-order valence-electron chi connectivity index (χ4n) is 1.26. The summed E-state index contributed by atoms with van der Waals surface area (Å²) in [5.41, 5.74) is 8.20. The molecule has 0 spiro atoms. The average molecular weight is 223 g/mol. The van der Waals surface area contributed by atoms with Crippen molar-refractivity contribution in [3.05, 3.63) is 41.4 Å². The van der Waals surface area contributed by atoms with Crippen molar-refractivity contribution in [2.75, 3.05) is 11.1 Å². The first kappa shape index (κ1) is 9.86. The Morgan fingerprint density at radius 3 is 3.07 bits per heavy atom. The lowest BCUT2D eigenvalue weighted by atomic mass is 10.2. The predicted molar refractivity (Wildman–Crippen MR) is 61.8 cm³/mol. The molecule has 0 saturated heterocycles. The standard InChI is InChI=1S/C10H11ClN4/c11-8-2-1-3-9(10(8)12)14-5-7-4-13-6-15-7/h1-4,6,14H,5,12H2,(H,13,15). The number of aromatic nitrogens is 2. The molecule has 0 aliphatic carbocycles. The van der Waals surface area contributed by atoms with Gasteiger partial charge in [0.25, 0.3) is 0 Å². The summed E-state index contributed by atoms with van der Waals surface area (Å²) in [6.45, 7) is 0.643. The van der Waals surface area contributed by atoms with Gasteiger partial charge in [-0.3, -0.25) is 0 Å². The molecule has 5 heteroatoms. The Balaban J connectivity index is 2.08. The zero-order valence-corrected chi connectivity index (χ0v) is 8.75. The van der Waals surface area contributed by atoms with E-state index in [1.165, 1.54) is 0 Å². The van der Waals surface area contributed by atoms with Crippen molar-refractivity contribution in [3.8, 4) is 0 Å². The first-order valence-electron chi connectivity index (χ1n) is 4.52. The minimum atomic E-state index is 0.560. The minimum absolute atomic E-state index is 0.560. The Bertz CT molecular complexity index is 439. The largest absolute Gasteiger partial charge is 0.396 e. The number of H-pyrrole nitrogens is 1. The molecule has 2 rings (SSSR count). The molecule has 0 atom stereocenters.